The molecular formula is C18H18Br2N4O2S. The van der Waals surface area contributed by atoms with Crippen LogP contribution in [0.15, 0.2) is 68.7 Å². The number of aryl methyl sites for hydroxylation is 2. The highest BCUT2D eigenvalue weighted by molar-refractivity contribution is 9.10. The Hall–Kier alpha value is -1.97. The molecule has 0 aliphatic carbocycles. The number of nitrogens with zero attached hydrogens (tertiary/aromatic N) is 2. The minimum Gasteiger partial charge on any atom is -0.397 e. The van der Waals surface area contributed by atoms with Crippen molar-refractivity contribution in [2.24, 2.45) is 0 Å². The van der Waals surface area contributed by atoms with E-state index in [0.717, 1.165) is 16.0 Å². The minimum atomic E-state index is -3.57. The van der Waals surface area contributed by atoms with Crippen LogP contribution in [0.1, 0.15) is 11.4 Å². The summed E-state index contributed by atoms with van der Waals surface area (Å²) in [6.45, 7) is 3.75. The molecule has 0 fully saturated rings. The SMILES string of the molecule is Cc1ccc(N)c(Br)n1.Cc1ccc(NS(=O)(=O)c2ccccc2)c(Br)n1. The third-order valence-corrected chi connectivity index (χ3v) is 5.92. The van der Waals surface area contributed by atoms with Gasteiger partial charge in [0.2, 0.25) is 0 Å². The lowest BCUT2D eigenvalue weighted by molar-refractivity contribution is 0.601. The van der Waals surface area contributed by atoms with Crippen molar-refractivity contribution in [3.05, 3.63) is 75.2 Å². The first-order valence-electron chi connectivity index (χ1n) is 7.78. The summed E-state index contributed by atoms with van der Waals surface area (Å²) in [6.07, 6.45) is 0. The van der Waals surface area contributed by atoms with Crippen molar-refractivity contribution < 1.29 is 8.42 Å². The molecule has 9 heteroatoms. The lowest BCUT2D eigenvalue weighted by Gasteiger charge is -2.09. The van der Waals surface area contributed by atoms with Gasteiger partial charge in [-0.3, -0.25) is 4.72 Å². The fraction of sp³-hybridized carbons (Fsp3) is 0.111. The van der Waals surface area contributed by atoms with Crippen LogP contribution in [-0.2, 0) is 10.0 Å². The predicted octanol–water partition coefficient (Wildman–Crippen LogP) is 4.69. The smallest absolute Gasteiger partial charge is 0.261 e. The summed E-state index contributed by atoms with van der Waals surface area (Å²) in [4.78, 5) is 8.43. The van der Waals surface area contributed by atoms with Crippen molar-refractivity contribution in [2.75, 3.05) is 10.5 Å². The lowest BCUT2D eigenvalue weighted by Crippen LogP contribution is -2.13. The summed E-state index contributed by atoms with van der Waals surface area (Å²) in [6, 6.07) is 15.3. The third-order valence-electron chi connectivity index (χ3n) is 3.30. The fourth-order valence-corrected chi connectivity index (χ4v) is 4.08. The highest BCUT2D eigenvalue weighted by Crippen LogP contribution is 2.23. The van der Waals surface area contributed by atoms with Gasteiger partial charge >= 0.3 is 0 Å². The first-order chi connectivity index (χ1) is 12.7. The topological polar surface area (TPSA) is 98.0 Å². The maximum Gasteiger partial charge on any atom is 0.261 e. The largest absolute Gasteiger partial charge is 0.397 e. The number of hydrogen-bond donors (Lipinski definition) is 2. The summed E-state index contributed by atoms with van der Waals surface area (Å²) in [7, 11) is -3.57. The van der Waals surface area contributed by atoms with Gasteiger partial charge in [-0.1, -0.05) is 18.2 Å². The first kappa shape index (κ1) is 21.3. The summed E-state index contributed by atoms with van der Waals surface area (Å²) >= 11 is 6.44. The van der Waals surface area contributed by atoms with E-state index in [0.29, 0.717) is 16.0 Å². The van der Waals surface area contributed by atoms with Crippen LogP contribution in [0.4, 0.5) is 11.4 Å². The number of nitrogens with two attached hydrogens (primary N) is 1. The molecule has 2 heterocycles. The quantitative estimate of drug-likeness (QED) is 0.495. The molecule has 0 amide bonds. The van der Waals surface area contributed by atoms with Crippen LogP contribution in [0.2, 0.25) is 0 Å². The number of rotatable bonds is 3. The highest BCUT2D eigenvalue weighted by atomic mass is 79.9. The molecule has 0 saturated carbocycles. The van der Waals surface area contributed by atoms with E-state index in [9.17, 15) is 8.42 Å². The Morgan fingerprint density at radius 2 is 1.41 bits per heavy atom. The number of pyridine rings is 2. The van der Waals surface area contributed by atoms with Crippen molar-refractivity contribution >= 4 is 53.3 Å². The Balaban J connectivity index is 0.000000244. The Morgan fingerprint density at radius 1 is 0.852 bits per heavy atom. The van der Waals surface area contributed by atoms with Gasteiger partial charge < -0.3 is 5.73 Å². The monoisotopic (exact) mass is 512 g/mol. The van der Waals surface area contributed by atoms with Crippen molar-refractivity contribution in [1.29, 1.82) is 0 Å². The van der Waals surface area contributed by atoms with E-state index in [-0.39, 0.29) is 4.90 Å². The molecule has 0 aliphatic heterocycles. The standard InChI is InChI=1S/C12H11BrN2O2S.C6H7BrN2/c1-9-7-8-11(12(13)14-9)15-18(16,17)10-5-3-2-4-6-10;1-4-2-3-5(8)6(7)9-4/h2-8,15H,1H3;2-3H,8H2,1H3. The van der Waals surface area contributed by atoms with E-state index < -0.39 is 10.0 Å². The average molecular weight is 514 g/mol. The van der Waals surface area contributed by atoms with E-state index in [1.54, 1.807) is 30.3 Å². The van der Waals surface area contributed by atoms with Crippen molar-refractivity contribution in [3.8, 4) is 0 Å². The molecule has 0 unspecified atom stereocenters. The molecule has 0 atom stereocenters. The van der Waals surface area contributed by atoms with Crippen molar-refractivity contribution in [3.63, 3.8) is 0 Å². The van der Waals surface area contributed by atoms with E-state index >= 15 is 0 Å². The normalized spacial score (nSPS) is 10.7. The van der Waals surface area contributed by atoms with Gasteiger partial charge in [-0.2, -0.15) is 0 Å². The Morgan fingerprint density at radius 3 is 1.93 bits per heavy atom. The van der Waals surface area contributed by atoms with Gasteiger partial charge in [0.05, 0.1) is 16.3 Å². The van der Waals surface area contributed by atoms with Crippen LogP contribution in [0.3, 0.4) is 0 Å². The van der Waals surface area contributed by atoms with Crippen LogP contribution in [0.5, 0.6) is 0 Å². The highest BCUT2D eigenvalue weighted by Gasteiger charge is 2.15. The number of benzene rings is 1. The molecule has 27 heavy (non-hydrogen) atoms. The fourth-order valence-electron chi connectivity index (χ4n) is 1.94. The molecule has 3 rings (SSSR count). The van der Waals surface area contributed by atoms with Crippen molar-refractivity contribution in [1.82, 2.24) is 9.97 Å². The molecule has 0 bridgehead atoms. The summed E-state index contributed by atoms with van der Waals surface area (Å²) < 4.78 is 27.8. The average Bonchev–Trinajstić information content (AvgIpc) is 2.62. The number of anilines is 2. The first-order valence-corrected chi connectivity index (χ1v) is 10.9. The van der Waals surface area contributed by atoms with E-state index in [1.807, 2.05) is 26.0 Å². The maximum absolute atomic E-state index is 12.1. The van der Waals surface area contributed by atoms with Crippen LogP contribution < -0.4 is 10.5 Å². The van der Waals surface area contributed by atoms with Gasteiger partial charge in [0.15, 0.2) is 0 Å². The zero-order valence-corrected chi connectivity index (χ0v) is 18.6. The zero-order valence-electron chi connectivity index (χ0n) is 14.6. The molecule has 6 nitrogen and oxygen atoms in total. The lowest BCUT2D eigenvalue weighted by atomic mass is 10.4. The van der Waals surface area contributed by atoms with Gasteiger partial charge in [0, 0.05) is 11.4 Å². The maximum atomic E-state index is 12.1. The molecule has 0 aliphatic rings. The van der Waals surface area contributed by atoms with Crippen molar-refractivity contribution in [2.45, 2.75) is 18.7 Å². The molecule has 1 aromatic carbocycles. The molecule has 2 aromatic heterocycles. The Kier molecular flexibility index (Phi) is 7.34. The van der Waals surface area contributed by atoms with E-state index in [4.69, 9.17) is 5.73 Å². The third kappa shape index (κ3) is 6.30. The summed E-state index contributed by atoms with van der Waals surface area (Å²) in [5, 5.41) is 0. The number of sulfonamides is 1. The van der Waals surface area contributed by atoms with Crippen LogP contribution in [0, 0.1) is 13.8 Å². The number of hydrogen-bond acceptors (Lipinski definition) is 5. The minimum absolute atomic E-state index is 0.220. The van der Waals surface area contributed by atoms with Crippen LogP contribution >= 0.6 is 31.9 Å². The van der Waals surface area contributed by atoms with Crippen LogP contribution in [0.25, 0.3) is 0 Å². The van der Waals surface area contributed by atoms with Gasteiger partial charge in [0.1, 0.15) is 9.21 Å². The number of aromatic nitrogens is 2. The number of nitrogens with one attached hydrogen (secondary N) is 1. The van der Waals surface area contributed by atoms with E-state index in [2.05, 4.69) is 46.5 Å². The second kappa shape index (κ2) is 9.29. The Bertz CT molecular complexity index is 1030. The molecule has 0 radical (unpaired) electrons. The van der Waals surface area contributed by atoms with Gasteiger partial charge in [-0.15, -0.1) is 0 Å². The summed E-state index contributed by atoms with van der Waals surface area (Å²) in [5.74, 6) is 0. The van der Waals surface area contributed by atoms with Crippen LogP contribution in [-0.4, -0.2) is 18.4 Å². The van der Waals surface area contributed by atoms with Gasteiger partial charge in [-0.05, 0) is 82.1 Å². The predicted molar refractivity (Wildman–Crippen MR) is 115 cm³/mol. The van der Waals surface area contributed by atoms with Gasteiger partial charge in [0.25, 0.3) is 10.0 Å². The molecule has 0 spiro atoms. The molecule has 142 valence electrons. The Labute approximate surface area is 175 Å². The second-order valence-corrected chi connectivity index (χ2v) is 8.73. The molecule has 0 saturated heterocycles. The molecule has 3 aromatic rings. The number of halogens is 2. The molecule has 3 N–H and O–H groups in total. The second-order valence-electron chi connectivity index (χ2n) is 5.54. The summed E-state index contributed by atoms with van der Waals surface area (Å²) in [5.41, 5.74) is 8.36. The van der Waals surface area contributed by atoms with Gasteiger partial charge in [-0.25, -0.2) is 18.4 Å². The molecular weight excluding hydrogens is 496 g/mol. The zero-order chi connectivity index (χ0) is 20.0. The number of nitrogen functional groups attached to an aromatic ring is 1. The van der Waals surface area contributed by atoms with E-state index in [1.165, 1.54) is 12.1 Å².